The summed E-state index contributed by atoms with van der Waals surface area (Å²) in [5.41, 5.74) is 5.84. The molecule has 0 aliphatic carbocycles. The van der Waals surface area contributed by atoms with Crippen LogP contribution in [-0.2, 0) is 0 Å². The lowest BCUT2D eigenvalue weighted by molar-refractivity contribution is 0.0858. The lowest BCUT2D eigenvalue weighted by Gasteiger charge is -2.31. The van der Waals surface area contributed by atoms with E-state index in [1.165, 1.54) is 5.56 Å². The third kappa shape index (κ3) is 4.83. The van der Waals surface area contributed by atoms with Gasteiger partial charge in [0.1, 0.15) is 0 Å². The number of nitrogens with one attached hydrogen (secondary N) is 1. The van der Waals surface area contributed by atoms with Gasteiger partial charge in [-0.1, -0.05) is 35.9 Å². The Bertz CT molecular complexity index is 1090. The number of hydrogen-bond donors (Lipinski definition) is 1. The Morgan fingerprint density at radius 3 is 2.25 bits per heavy atom. The van der Waals surface area contributed by atoms with Gasteiger partial charge in [-0.2, -0.15) is 0 Å². The van der Waals surface area contributed by atoms with Crippen LogP contribution in [0.5, 0.6) is 0 Å². The zero-order valence-corrected chi connectivity index (χ0v) is 19.1. The first kappa shape index (κ1) is 22.0. The first-order valence-corrected chi connectivity index (χ1v) is 11.3. The highest BCUT2D eigenvalue weighted by Crippen LogP contribution is 2.22. The fourth-order valence-electron chi connectivity index (χ4n) is 4.52. The number of piperidine rings is 1. The summed E-state index contributed by atoms with van der Waals surface area (Å²) < 4.78 is 2.15. The van der Waals surface area contributed by atoms with Crippen LogP contribution in [0.25, 0.3) is 5.69 Å². The van der Waals surface area contributed by atoms with Crippen LogP contribution >= 0.6 is 0 Å². The highest BCUT2D eigenvalue weighted by atomic mass is 16.1. The van der Waals surface area contributed by atoms with E-state index in [0.29, 0.717) is 12.1 Å². The molecule has 1 fully saturated rings. The molecule has 0 radical (unpaired) electrons. The van der Waals surface area contributed by atoms with Crippen molar-refractivity contribution in [1.82, 2.24) is 14.8 Å². The molecule has 1 aliphatic rings. The molecule has 1 aliphatic heterocycles. The van der Waals surface area contributed by atoms with Crippen molar-refractivity contribution in [3.8, 4) is 5.69 Å². The molecular weight excluding hydrogens is 398 g/mol. The molecule has 32 heavy (non-hydrogen) atoms. The third-order valence-electron chi connectivity index (χ3n) is 6.35. The van der Waals surface area contributed by atoms with Crippen LogP contribution in [0.1, 0.15) is 50.5 Å². The predicted molar refractivity (Wildman–Crippen MR) is 128 cm³/mol. The summed E-state index contributed by atoms with van der Waals surface area (Å²) in [5.74, 6) is 0.131. The summed E-state index contributed by atoms with van der Waals surface area (Å²) in [6.07, 6.45) is 1.71. The SMILES string of the molecule is Cc1ccc(-n2c(C)cc(C(=O)CN3CCC(NC(=O)c4ccccc4)CC3)c2C)cc1. The minimum atomic E-state index is -0.0244. The van der Waals surface area contributed by atoms with Crippen LogP contribution in [0.3, 0.4) is 0 Å². The largest absolute Gasteiger partial charge is 0.349 e. The van der Waals surface area contributed by atoms with Crippen molar-refractivity contribution in [2.45, 2.75) is 39.7 Å². The van der Waals surface area contributed by atoms with E-state index in [1.54, 1.807) is 0 Å². The van der Waals surface area contributed by atoms with Crippen molar-refractivity contribution in [3.63, 3.8) is 0 Å². The molecule has 5 nitrogen and oxygen atoms in total. The van der Waals surface area contributed by atoms with Crippen LogP contribution in [0, 0.1) is 20.8 Å². The number of aromatic nitrogens is 1. The van der Waals surface area contributed by atoms with Gasteiger partial charge in [0.15, 0.2) is 5.78 Å². The number of amides is 1. The summed E-state index contributed by atoms with van der Waals surface area (Å²) in [6, 6.07) is 19.8. The van der Waals surface area contributed by atoms with Gasteiger partial charge < -0.3 is 9.88 Å². The number of rotatable bonds is 6. The fraction of sp³-hybridized carbons (Fsp3) is 0.333. The van der Waals surface area contributed by atoms with Crippen LogP contribution in [0.4, 0.5) is 0 Å². The van der Waals surface area contributed by atoms with Gasteiger partial charge in [-0.25, -0.2) is 0 Å². The van der Waals surface area contributed by atoms with E-state index >= 15 is 0 Å². The number of carbonyl (C=O) groups excluding carboxylic acids is 2. The molecule has 0 spiro atoms. The van der Waals surface area contributed by atoms with Crippen LogP contribution < -0.4 is 5.32 Å². The lowest BCUT2D eigenvalue weighted by atomic mass is 10.0. The molecule has 0 unspecified atom stereocenters. The minimum Gasteiger partial charge on any atom is -0.349 e. The van der Waals surface area contributed by atoms with E-state index in [-0.39, 0.29) is 17.7 Å². The maximum Gasteiger partial charge on any atom is 0.251 e. The van der Waals surface area contributed by atoms with Crippen LogP contribution in [0.2, 0.25) is 0 Å². The molecule has 2 aromatic carbocycles. The van der Waals surface area contributed by atoms with Crippen LogP contribution in [-0.4, -0.2) is 46.8 Å². The van der Waals surface area contributed by atoms with Gasteiger partial charge in [-0.15, -0.1) is 0 Å². The number of hydrogen-bond acceptors (Lipinski definition) is 3. The minimum absolute atomic E-state index is 0.0244. The molecular formula is C27H31N3O2. The smallest absolute Gasteiger partial charge is 0.251 e. The average Bonchev–Trinajstić information content (AvgIpc) is 3.10. The van der Waals surface area contributed by atoms with E-state index in [1.807, 2.05) is 50.2 Å². The van der Waals surface area contributed by atoms with Gasteiger partial charge in [0.2, 0.25) is 0 Å². The van der Waals surface area contributed by atoms with Crippen molar-refractivity contribution in [3.05, 3.63) is 88.7 Å². The quantitative estimate of drug-likeness (QED) is 0.588. The Labute approximate surface area is 190 Å². The van der Waals surface area contributed by atoms with E-state index in [2.05, 4.69) is 46.0 Å². The Morgan fingerprint density at radius 1 is 0.938 bits per heavy atom. The molecule has 3 aromatic rings. The Balaban J connectivity index is 1.35. The van der Waals surface area contributed by atoms with E-state index in [0.717, 1.165) is 48.6 Å². The molecule has 2 heterocycles. The zero-order chi connectivity index (χ0) is 22.7. The van der Waals surface area contributed by atoms with Gasteiger partial charge in [-0.05, 0) is 63.9 Å². The second kappa shape index (κ2) is 9.53. The van der Waals surface area contributed by atoms with Crippen molar-refractivity contribution < 1.29 is 9.59 Å². The summed E-state index contributed by atoms with van der Waals surface area (Å²) in [4.78, 5) is 27.7. The van der Waals surface area contributed by atoms with E-state index < -0.39 is 0 Å². The highest BCUT2D eigenvalue weighted by molar-refractivity contribution is 5.99. The number of carbonyl (C=O) groups is 2. The predicted octanol–water partition coefficient (Wildman–Crippen LogP) is 4.48. The van der Waals surface area contributed by atoms with Crippen molar-refractivity contribution in [2.24, 2.45) is 0 Å². The number of likely N-dealkylation sites (tertiary alicyclic amines) is 1. The second-order valence-corrected chi connectivity index (χ2v) is 8.77. The molecule has 5 heteroatoms. The van der Waals surface area contributed by atoms with Crippen molar-refractivity contribution in [1.29, 1.82) is 0 Å². The van der Waals surface area contributed by atoms with Gasteiger partial charge in [0.05, 0.1) is 6.54 Å². The van der Waals surface area contributed by atoms with Gasteiger partial charge >= 0.3 is 0 Å². The topological polar surface area (TPSA) is 54.3 Å². The zero-order valence-electron chi connectivity index (χ0n) is 19.1. The van der Waals surface area contributed by atoms with Gasteiger partial charge in [0, 0.05) is 47.3 Å². The monoisotopic (exact) mass is 429 g/mol. The highest BCUT2D eigenvalue weighted by Gasteiger charge is 2.24. The number of benzene rings is 2. The number of nitrogens with zero attached hydrogens (tertiary/aromatic N) is 2. The first-order chi connectivity index (χ1) is 15.4. The summed E-state index contributed by atoms with van der Waals surface area (Å²) in [7, 11) is 0. The maximum absolute atomic E-state index is 13.1. The fourth-order valence-corrected chi connectivity index (χ4v) is 4.52. The van der Waals surface area contributed by atoms with E-state index in [9.17, 15) is 9.59 Å². The lowest BCUT2D eigenvalue weighted by Crippen LogP contribution is -2.46. The first-order valence-electron chi connectivity index (χ1n) is 11.3. The number of Topliss-reactive ketones (excluding diaryl/α,β-unsaturated/α-hetero) is 1. The van der Waals surface area contributed by atoms with Crippen molar-refractivity contribution in [2.75, 3.05) is 19.6 Å². The summed E-state index contributed by atoms with van der Waals surface area (Å²) >= 11 is 0. The molecule has 4 rings (SSSR count). The van der Waals surface area contributed by atoms with Crippen LogP contribution in [0.15, 0.2) is 60.7 Å². The number of ketones is 1. The Morgan fingerprint density at radius 2 is 1.59 bits per heavy atom. The molecule has 166 valence electrons. The number of aryl methyl sites for hydroxylation is 2. The Hall–Kier alpha value is -3.18. The summed E-state index contributed by atoms with van der Waals surface area (Å²) in [6.45, 7) is 8.17. The standard InChI is InChI=1S/C27H31N3O2/c1-19-9-11-24(12-10-19)30-20(2)17-25(21(30)3)26(31)18-29-15-13-23(14-16-29)28-27(32)22-7-5-4-6-8-22/h4-12,17,23H,13-16,18H2,1-3H3,(H,28,32). The third-order valence-corrected chi connectivity index (χ3v) is 6.35. The molecule has 1 amide bonds. The second-order valence-electron chi connectivity index (χ2n) is 8.77. The molecule has 1 N–H and O–H groups in total. The van der Waals surface area contributed by atoms with Gasteiger partial charge in [0.25, 0.3) is 5.91 Å². The molecule has 1 saturated heterocycles. The molecule has 0 saturated carbocycles. The summed E-state index contributed by atoms with van der Waals surface area (Å²) in [5, 5.41) is 3.13. The van der Waals surface area contributed by atoms with E-state index in [4.69, 9.17) is 0 Å². The normalized spacial score (nSPS) is 15.0. The molecule has 1 aromatic heterocycles. The molecule has 0 atom stereocenters. The van der Waals surface area contributed by atoms with Crippen molar-refractivity contribution >= 4 is 11.7 Å². The maximum atomic E-state index is 13.1. The average molecular weight is 430 g/mol. The Kier molecular flexibility index (Phi) is 6.56. The van der Waals surface area contributed by atoms with Gasteiger partial charge in [-0.3, -0.25) is 14.5 Å². The molecule has 0 bridgehead atoms.